The minimum Gasteiger partial charge on any atom is -0.492 e. The quantitative estimate of drug-likeness (QED) is 0.473. The molecule has 5 nitrogen and oxygen atoms in total. The van der Waals surface area contributed by atoms with E-state index in [1.54, 1.807) is 36.4 Å². The van der Waals surface area contributed by atoms with Crippen LogP contribution in [0.15, 0.2) is 76.1 Å². The molecule has 3 aromatic rings. The molecule has 2 heterocycles. The van der Waals surface area contributed by atoms with Gasteiger partial charge in [0.2, 0.25) is 0 Å². The highest BCUT2D eigenvalue weighted by Gasteiger charge is 2.35. The van der Waals surface area contributed by atoms with Gasteiger partial charge in [-0.15, -0.1) is 0 Å². The summed E-state index contributed by atoms with van der Waals surface area (Å²) in [7, 11) is 0. The maximum atomic E-state index is 12.6. The van der Waals surface area contributed by atoms with Crippen LogP contribution in [0, 0.1) is 0 Å². The Labute approximate surface area is 176 Å². The van der Waals surface area contributed by atoms with E-state index in [0.717, 1.165) is 17.3 Å². The van der Waals surface area contributed by atoms with E-state index >= 15 is 0 Å². The fraction of sp³-hybridized carbons (Fsp3) is 0.0909. The average molecular weight is 426 g/mol. The van der Waals surface area contributed by atoms with Crippen molar-refractivity contribution in [1.29, 1.82) is 0 Å². The molecule has 1 aromatic heterocycles. The second-order valence-electron chi connectivity index (χ2n) is 6.20. The number of thioether (sulfide) groups is 1. The van der Waals surface area contributed by atoms with Crippen LogP contribution in [-0.4, -0.2) is 29.2 Å². The van der Waals surface area contributed by atoms with E-state index in [-0.39, 0.29) is 24.3 Å². The second-order valence-corrected chi connectivity index (χ2v) is 7.63. The highest BCUT2D eigenvalue weighted by molar-refractivity contribution is 8.18. The molecular weight excluding hydrogens is 410 g/mol. The number of rotatable bonds is 6. The number of nitrogens with zero attached hydrogens (tertiary/aromatic N) is 1. The van der Waals surface area contributed by atoms with Gasteiger partial charge in [0.05, 0.1) is 11.4 Å². The predicted octanol–water partition coefficient (Wildman–Crippen LogP) is 5.72. The van der Waals surface area contributed by atoms with Crippen molar-refractivity contribution in [1.82, 2.24) is 4.90 Å². The molecule has 0 unspecified atom stereocenters. The highest BCUT2D eigenvalue weighted by atomic mass is 35.5. The lowest BCUT2D eigenvalue weighted by atomic mass is 10.2. The summed E-state index contributed by atoms with van der Waals surface area (Å²) in [5, 5.41) is 0.289. The van der Waals surface area contributed by atoms with Gasteiger partial charge in [-0.3, -0.25) is 14.5 Å². The van der Waals surface area contributed by atoms with Gasteiger partial charge in [-0.2, -0.15) is 0 Å². The van der Waals surface area contributed by atoms with Gasteiger partial charge < -0.3 is 9.15 Å². The number of carbonyl (C=O) groups is 2. The Bertz CT molecular complexity index is 1060. The van der Waals surface area contributed by atoms with Crippen LogP contribution in [-0.2, 0) is 4.79 Å². The van der Waals surface area contributed by atoms with Crippen molar-refractivity contribution in [2.45, 2.75) is 0 Å². The topological polar surface area (TPSA) is 59.8 Å². The Morgan fingerprint density at radius 1 is 1.00 bits per heavy atom. The van der Waals surface area contributed by atoms with Gasteiger partial charge in [0.15, 0.2) is 0 Å². The van der Waals surface area contributed by atoms with Crippen molar-refractivity contribution < 1.29 is 18.7 Å². The number of carbonyl (C=O) groups excluding carboxylic acids is 2. The first-order chi connectivity index (χ1) is 14.1. The largest absolute Gasteiger partial charge is 0.492 e. The maximum Gasteiger partial charge on any atom is 0.293 e. The summed E-state index contributed by atoms with van der Waals surface area (Å²) in [6, 6.07) is 20.2. The number of benzene rings is 2. The lowest BCUT2D eigenvalue weighted by molar-refractivity contribution is -0.123. The van der Waals surface area contributed by atoms with Crippen LogP contribution in [0.25, 0.3) is 17.4 Å². The number of amides is 2. The molecule has 2 amide bonds. The summed E-state index contributed by atoms with van der Waals surface area (Å²) in [5.74, 6) is 1.50. The molecule has 0 N–H and O–H groups in total. The lowest BCUT2D eigenvalue weighted by Gasteiger charge is -2.13. The molecule has 1 fully saturated rings. The van der Waals surface area contributed by atoms with Crippen molar-refractivity contribution in [2.24, 2.45) is 0 Å². The average Bonchev–Trinajstić information content (AvgIpc) is 3.30. The summed E-state index contributed by atoms with van der Waals surface area (Å²) in [6.07, 6.45) is 1.59. The standard InChI is InChI=1S/C22H16ClNO4S/c23-16-6-8-17(9-7-16)27-13-12-24-21(25)20(29-22(24)26)14-18-10-11-19(28-18)15-4-2-1-3-5-15/h1-11,14H,12-13H2/b20-14-. The third kappa shape index (κ3) is 4.55. The van der Waals surface area contributed by atoms with Crippen molar-refractivity contribution in [3.63, 3.8) is 0 Å². The minimum absolute atomic E-state index is 0.165. The van der Waals surface area contributed by atoms with Crippen LogP contribution in [0.1, 0.15) is 5.76 Å². The van der Waals surface area contributed by atoms with Crippen LogP contribution in [0.5, 0.6) is 5.75 Å². The van der Waals surface area contributed by atoms with Gasteiger partial charge in [0.1, 0.15) is 23.9 Å². The molecule has 0 spiro atoms. The summed E-state index contributed by atoms with van der Waals surface area (Å²) >= 11 is 6.73. The molecule has 0 saturated carbocycles. The van der Waals surface area contributed by atoms with Crippen LogP contribution in [0.4, 0.5) is 4.79 Å². The molecule has 7 heteroatoms. The van der Waals surface area contributed by atoms with Crippen LogP contribution < -0.4 is 4.74 Å². The number of halogens is 1. The SMILES string of the molecule is O=C1S/C(=C\c2ccc(-c3ccccc3)o2)C(=O)N1CCOc1ccc(Cl)cc1. The van der Waals surface area contributed by atoms with Crippen LogP contribution >= 0.6 is 23.4 Å². The Morgan fingerprint density at radius 3 is 2.52 bits per heavy atom. The number of ether oxygens (including phenoxy) is 1. The van der Waals surface area contributed by atoms with Gasteiger partial charge in [-0.05, 0) is 48.2 Å². The van der Waals surface area contributed by atoms with Crippen LogP contribution in [0.3, 0.4) is 0 Å². The first kappa shape index (κ1) is 19.4. The van der Waals surface area contributed by atoms with Gasteiger partial charge in [-0.25, -0.2) is 0 Å². The zero-order valence-corrected chi connectivity index (χ0v) is 16.8. The smallest absolute Gasteiger partial charge is 0.293 e. The summed E-state index contributed by atoms with van der Waals surface area (Å²) < 4.78 is 11.4. The third-order valence-electron chi connectivity index (χ3n) is 4.23. The van der Waals surface area contributed by atoms with E-state index in [4.69, 9.17) is 20.8 Å². The van der Waals surface area contributed by atoms with E-state index < -0.39 is 0 Å². The van der Waals surface area contributed by atoms with E-state index in [0.29, 0.717) is 27.2 Å². The summed E-state index contributed by atoms with van der Waals surface area (Å²) in [5.41, 5.74) is 0.944. The third-order valence-corrected chi connectivity index (χ3v) is 5.39. The molecule has 0 atom stereocenters. The molecule has 1 aliphatic heterocycles. The maximum absolute atomic E-state index is 12.6. The van der Waals surface area contributed by atoms with E-state index in [1.807, 2.05) is 36.4 Å². The number of imide groups is 1. The van der Waals surface area contributed by atoms with Crippen molar-refractivity contribution in [3.05, 3.63) is 82.4 Å². The highest BCUT2D eigenvalue weighted by Crippen LogP contribution is 2.33. The van der Waals surface area contributed by atoms with Gasteiger partial charge in [0, 0.05) is 16.7 Å². The molecule has 2 aromatic carbocycles. The van der Waals surface area contributed by atoms with Crippen molar-refractivity contribution in [2.75, 3.05) is 13.2 Å². The van der Waals surface area contributed by atoms with E-state index in [2.05, 4.69) is 0 Å². The Balaban J connectivity index is 1.40. The fourth-order valence-electron chi connectivity index (χ4n) is 2.80. The number of hydrogen-bond acceptors (Lipinski definition) is 5. The Kier molecular flexibility index (Phi) is 5.74. The summed E-state index contributed by atoms with van der Waals surface area (Å²) in [4.78, 5) is 26.3. The Hall–Kier alpha value is -2.96. The van der Waals surface area contributed by atoms with E-state index in [1.165, 1.54) is 4.90 Å². The molecule has 29 heavy (non-hydrogen) atoms. The molecule has 1 aliphatic rings. The fourth-order valence-corrected chi connectivity index (χ4v) is 3.77. The molecule has 0 radical (unpaired) electrons. The van der Waals surface area contributed by atoms with Crippen molar-refractivity contribution in [3.8, 4) is 17.1 Å². The number of furan rings is 1. The Morgan fingerprint density at radius 2 is 1.76 bits per heavy atom. The van der Waals surface area contributed by atoms with E-state index in [9.17, 15) is 9.59 Å². The zero-order chi connectivity index (χ0) is 20.2. The second kappa shape index (κ2) is 8.59. The van der Waals surface area contributed by atoms with Crippen molar-refractivity contribution >= 4 is 40.6 Å². The van der Waals surface area contributed by atoms with Gasteiger partial charge in [-0.1, -0.05) is 41.9 Å². The first-order valence-corrected chi connectivity index (χ1v) is 10.1. The van der Waals surface area contributed by atoms with Crippen LogP contribution in [0.2, 0.25) is 5.02 Å². The molecule has 1 saturated heterocycles. The molecule has 146 valence electrons. The molecule has 0 bridgehead atoms. The zero-order valence-electron chi connectivity index (χ0n) is 15.2. The van der Waals surface area contributed by atoms with Gasteiger partial charge >= 0.3 is 0 Å². The first-order valence-electron chi connectivity index (χ1n) is 8.89. The summed E-state index contributed by atoms with van der Waals surface area (Å²) in [6.45, 7) is 0.365. The molecule has 0 aliphatic carbocycles. The minimum atomic E-state index is -0.350. The molecule has 4 rings (SSSR count). The predicted molar refractivity (Wildman–Crippen MR) is 114 cm³/mol. The normalized spacial score (nSPS) is 15.3. The lowest BCUT2D eigenvalue weighted by Crippen LogP contribution is -2.32. The molecular formula is C22H16ClNO4S. The number of hydrogen-bond donors (Lipinski definition) is 0. The van der Waals surface area contributed by atoms with Gasteiger partial charge in [0.25, 0.3) is 11.1 Å². The monoisotopic (exact) mass is 425 g/mol.